The summed E-state index contributed by atoms with van der Waals surface area (Å²) in [6.07, 6.45) is 27.9. The Kier molecular flexibility index (Phi) is 18.8. The summed E-state index contributed by atoms with van der Waals surface area (Å²) in [5, 5.41) is 0. The summed E-state index contributed by atoms with van der Waals surface area (Å²) < 4.78 is 57.9. The Morgan fingerprint density at radius 1 is 0.491 bits per heavy atom. The van der Waals surface area contributed by atoms with Gasteiger partial charge >= 0.3 is 21.7 Å². The van der Waals surface area contributed by atoms with E-state index < -0.39 is 23.3 Å². The molecule has 53 heavy (non-hydrogen) atoms. The van der Waals surface area contributed by atoms with E-state index in [0.717, 1.165) is 57.9 Å². The van der Waals surface area contributed by atoms with Gasteiger partial charge in [-0.05, 0) is 115 Å². The molecule has 272 valence electrons. The Labute approximate surface area is 328 Å². The summed E-state index contributed by atoms with van der Waals surface area (Å²) in [4.78, 5) is 0. The first-order chi connectivity index (χ1) is 24.8. The molecule has 0 unspecified atom stereocenters. The number of aromatic nitrogens is 2. The maximum absolute atomic E-state index is 14.1. The zero-order valence-corrected chi connectivity index (χ0v) is 33.3. The van der Waals surface area contributed by atoms with Crippen molar-refractivity contribution in [1.29, 1.82) is 0 Å². The molecular formula is C46H46F4N2Ti. The van der Waals surface area contributed by atoms with Gasteiger partial charge in [-0.25, -0.2) is 41.9 Å². The second-order valence-electron chi connectivity index (χ2n) is 12.9. The standard InChI is InChI=1S/2C18H18F2N.2C5H5.Ti/c2*1-12(2)9-15-6-7-16(10-13(3)4)21(15)18-8-5-14(19)11-17(18)20;2*1-2-4-5-3-1;/h2*5-10H,1-4H3;2*1-3H,4H2;/q4*-1;+4. The zero-order chi connectivity index (χ0) is 38.2. The summed E-state index contributed by atoms with van der Waals surface area (Å²) in [5.74, 6) is -2.79. The smallest absolute Gasteiger partial charge is 0.363 e. The molecule has 0 saturated heterocycles. The summed E-state index contributed by atoms with van der Waals surface area (Å²) in [6.45, 7) is 15.8. The fourth-order valence-corrected chi connectivity index (χ4v) is 5.03. The van der Waals surface area contributed by atoms with Gasteiger partial charge in [-0.3, -0.25) is 12.2 Å². The minimum absolute atomic E-state index is 0. The molecule has 0 fully saturated rings. The van der Waals surface area contributed by atoms with Gasteiger partial charge in [0.25, 0.3) is 0 Å². The molecule has 2 aromatic carbocycles. The maximum Gasteiger partial charge on any atom is 4.00 e. The minimum atomic E-state index is -0.698. The van der Waals surface area contributed by atoms with E-state index in [4.69, 9.17) is 0 Å². The fourth-order valence-electron chi connectivity index (χ4n) is 5.03. The van der Waals surface area contributed by atoms with Crippen LogP contribution in [0.3, 0.4) is 0 Å². The van der Waals surface area contributed by atoms with Crippen molar-refractivity contribution in [2.24, 2.45) is 0 Å². The van der Waals surface area contributed by atoms with Crippen LogP contribution in [0.5, 0.6) is 0 Å². The number of nitrogens with zero attached hydrogens (tertiary/aromatic N) is 2. The van der Waals surface area contributed by atoms with Gasteiger partial charge in [0.15, 0.2) is 0 Å². The number of rotatable bonds is 6. The monoisotopic (exact) mass is 750 g/mol. The van der Waals surface area contributed by atoms with Crippen LogP contribution in [0.25, 0.3) is 35.7 Å². The first kappa shape index (κ1) is 44.5. The third-order valence-corrected chi connectivity index (χ3v) is 6.97. The number of allylic oxidation sites excluding steroid dienone is 12. The third kappa shape index (κ3) is 14.7. The van der Waals surface area contributed by atoms with Gasteiger partial charge in [0.2, 0.25) is 0 Å². The van der Waals surface area contributed by atoms with Crippen LogP contribution in [0.15, 0.2) is 107 Å². The molecule has 4 aromatic rings. The Morgan fingerprint density at radius 3 is 0.981 bits per heavy atom. The molecular weight excluding hydrogens is 704 g/mol. The largest absolute Gasteiger partial charge is 4.00 e. The van der Waals surface area contributed by atoms with Crippen molar-refractivity contribution in [2.45, 2.75) is 68.2 Å². The molecule has 0 spiro atoms. The Bertz CT molecular complexity index is 1810. The van der Waals surface area contributed by atoms with E-state index >= 15 is 0 Å². The van der Waals surface area contributed by atoms with E-state index in [1.54, 1.807) is 9.13 Å². The maximum atomic E-state index is 14.1. The Morgan fingerprint density at radius 2 is 0.792 bits per heavy atom. The quantitative estimate of drug-likeness (QED) is 0.106. The summed E-state index contributed by atoms with van der Waals surface area (Å²) in [7, 11) is 0. The summed E-state index contributed by atoms with van der Waals surface area (Å²) in [6, 6.07) is 17.2. The van der Waals surface area contributed by atoms with Gasteiger partial charge in [-0.1, -0.05) is 22.3 Å². The third-order valence-electron chi connectivity index (χ3n) is 6.97. The van der Waals surface area contributed by atoms with Gasteiger partial charge in [0, 0.05) is 46.0 Å². The average molecular weight is 751 g/mol. The van der Waals surface area contributed by atoms with E-state index in [1.165, 1.54) is 24.3 Å². The predicted molar refractivity (Wildman–Crippen MR) is 209 cm³/mol. The van der Waals surface area contributed by atoms with Crippen LogP contribution in [-0.2, 0) is 21.7 Å². The molecule has 7 heteroatoms. The van der Waals surface area contributed by atoms with Gasteiger partial charge in [0.1, 0.15) is 0 Å². The first-order valence-corrected chi connectivity index (χ1v) is 17.0. The SMILES string of the molecule is CC(C)=Cc1ccc(C=C(C)C)n1-c1ccc(F)[c-]c1F.CC(C)=Cc1ccc(C=C(C)C)n1-c1ccc(F)[c-]c1F.[C-]1=CC=CC1.[C-]1=CC=CC1.[Ti+4]. The molecule has 0 saturated carbocycles. The van der Waals surface area contributed by atoms with E-state index in [2.05, 4.69) is 36.4 Å². The van der Waals surface area contributed by atoms with Crippen LogP contribution in [0.4, 0.5) is 17.6 Å². The zero-order valence-electron chi connectivity index (χ0n) is 31.7. The molecule has 0 atom stereocenters. The second kappa shape index (κ2) is 22.4. The van der Waals surface area contributed by atoms with Crippen LogP contribution in [0.2, 0.25) is 0 Å². The van der Waals surface area contributed by atoms with Crippen molar-refractivity contribution in [3.8, 4) is 11.4 Å². The minimum Gasteiger partial charge on any atom is -0.363 e. The van der Waals surface area contributed by atoms with Gasteiger partial charge < -0.3 is 9.13 Å². The van der Waals surface area contributed by atoms with E-state index in [1.807, 2.05) is 128 Å². The van der Waals surface area contributed by atoms with Crippen molar-refractivity contribution in [2.75, 3.05) is 0 Å². The summed E-state index contributed by atoms with van der Waals surface area (Å²) >= 11 is 0. The number of hydrogen-bond donors (Lipinski definition) is 0. The molecule has 2 nitrogen and oxygen atoms in total. The van der Waals surface area contributed by atoms with E-state index in [-0.39, 0.29) is 21.7 Å². The van der Waals surface area contributed by atoms with Crippen molar-refractivity contribution >= 4 is 24.3 Å². The summed E-state index contributed by atoms with van der Waals surface area (Å²) in [5.41, 5.74) is 8.39. The Balaban J connectivity index is 0.000000285. The normalized spacial score (nSPS) is 11.5. The van der Waals surface area contributed by atoms with E-state index in [9.17, 15) is 17.6 Å². The molecule has 2 heterocycles. The van der Waals surface area contributed by atoms with Crippen LogP contribution < -0.4 is 0 Å². The number of hydrogen-bond acceptors (Lipinski definition) is 0. The second-order valence-corrected chi connectivity index (χ2v) is 12.9. The van der Waals surface area contributed by atoms with Crippen molar-refractivity contribution in [1.82, 2.24) is 9.13 Å². The van der Waals surface area contributed by atoms with Crippen LogP contribution in [0.1, 0.15) is 91.0 Å². The van der Waals surface area contributed by atoms with Crippen molar-refractivity contribution in [3.63, 3.8) is 0 Å². The average Bonchev–Trinajstić information content (AvgIpc) is 3.89. The van der Waals surface area contributed by atoms with Gasteiger partial charge in [0.05, 0.1) is 0 Å². The molecule has 0 N–H and O–H groups in total. The number of halogens is 4. The molecule has 0 amide bonds. The molecule has 2 aliphatic carbocycles. The molecule has 2 aliphatic rings. The van der Waals surface area contributed by atoms with E-state index in [0.29, 0.717) is 11.4 Å². The first-order valence-electron chi connectivity index (χ1n) is 17.0. The Hall–Kier alpha value is -4.65. The van der Waals surface area contributed by atoms with Crippen molar-refractivity contribution in [3.05, 3.63) is 178 Å². The topological polar surface area (TPSA) is 9.86 Å². The van der Waals surface area contributed by atoms with Crippen LogP contribution in [-0.4, -0.2) is 9.13 Å². The van der Waals surface area contributed by atoms with Crippen molar-refractivity contribution < 1.29 is 39.3 Å². The van der Waals surface area contributed by atoms with Gasteiger partial charge in [-0.15, -0.1) is 49.2 Å². The van der Waals surface area contributed by atoms with Crippen LogP contribution in [0, 0.1) is 47.6 Å². The molecule has 0 aliphatic heterocycles. The van der Waals surface area contributed by atoms with Gasteiger partial charge in [-0.2, -0.15) is 12.2 Å². The molecule has 2 aromatic heterocycles. The fraction of sp³-hybridized carbons (Fsp3) is 0.217. The molecule has 6 rings (SSSR count). The predicted octanol–water partition coefficient (Wildman–Crippen LogP) is 13.4. The molecule has 0 radical (unpaired) electrons. The van der Waals surface area contributed by atoms with Crippen LogP contribution >= 0.6 is 0 Å². The molecule has 0 bridgehead atoms. The number of benzene rings is 2.